The largest absolute Gasteiger partial charge is 0.377 e. The summed E-state index contributed by atoms with van der Waals surface area (Å²) in [4.78, 5) is 0. The monoisotopic (exact) mass is 132 g/mol. The number of anilines is 1. The van der Waals surface area contributed by atoms with E-state index in [1.54, 1.807) is 0 Å². The van der Waals surface area contributed by atoms with Gasteiger partial charge < -0.3 is 5.32 Å². The van der Waals surface area contributed by atoms with Crippen molar-refractivity contribution in [3.05, 3.63) is 35.9 Å². The molecular weight excluding hydrogens is 122 g/mol. The first kappa shape index (κ1) is 5.78. The summed E-state index contributed by atoms with van der Waals surface area (Å²) in [6, 6.07) is 9.77. The summed E-state index contributed by atoms with van der Waals surface area (Å²) in [5.74, 6) is 0. The Morgan fingerprint density at radius 2 is 2.10 bits per heavy atom. The highest BCUT2D eigenvalue weighted by molar-refractivity contribution is 5.59. The molecule has 2 rings (SSSR count). The molecule has 1 aromatic rings. The molecule has 0 aliphatic carbocycles. The van der Waals surface area contributed by atoms with Crippen molar-refractivity contribution >= 4 is 5.69 Å². The summed E-state index contributed by atoms with van der Waals surface area (Å²) < 4.78 is 0. The van der Waals surface area contributed by atoms with Crippen LogP contribution in [0.25, 0.3) is 0 Å². The number of fused-ring (bicyclic) bond motifs is 1. The lowest BCUT2D eigenvalue weighted by atomic mass is 10.1. The van der Waals surface area contributed by atoms with E-state index in [2.05, 4.69) is 36.5 Å². The predicted octanol–water partition coefficient (Wildman–Crippen LogP) is 2.21. The third kappa shape index (κ3) is 0.783. The summed E-state index contributed by atoms with van der Waals surface area (Å²) >= 11 is 0. The van der Waals surface area contributed by atoms with E-state index in [9.17, 15) is 0 Å². The summed E-state index contributed by atoms with van der Waals surface area (Å²) in [5.41, 5.74) is 2.69. The maximum absolute atomic E-state index is 3.31. The first-order valence-electron chi connectivity index (χ1n) is 3.53. The Morgan fingerprint density at radius 3 is 2.90 bits per heavy atom. The van der Waals surface area contributed by atoms with Crippen molar-refractivity contribution in [3.8, 4) is 0 Å². The van der Waals surface area contributed by atoms with Gasteiger partial charge in [-0.1, -0.05) is 18.2 Å². The number of rotatable bonds is 0. The molecule has 1 heteroatoms. The van der Waals surface area contributed by atoms with E-state index in [-0.39, 0.29) is 0 Å². The fraction of sp³-hybridized carbons (Fsp3) is 0.222. The highest BCUT2D eigenvalue weighted by Gasteiger charge is 2.15. The van der Waals surface area contributed by atoms with E-state index < -0.39 is 0 Å². The molecule has 0 fully saturated rings. The molecule has 0 saturated carbocycles. The molecule has 0 saturated heterocycles. The van der Waals surface area contributed by atoms with Crippen LogP contribution in [-0.4, -0.2) is 0 Å². The fourth-order valence-corrected chi connectivity index (χ4v) is 1.36. The minimum Gasteiger partial charge on any atom is -0.377 e. The Kier molecular flexibility index (Phi) is 1.16. The molecular formula is C9H10N. The van der Waals surface area contributed by atoms with Crippen LogP contribution in [-0.2, 0) is 6.42 Å². The zero-order chi connectivity index (χ0) is 6.97. The predicted molar refractivity (Wildman–Crippen MR) is 42.7 cm³/mol. The van der Waals surface area contributed by atoms with Crippen LogP contribution >= 0.6 is 0 Å². The van der Waals surface area contributed by atoms with Crippen LogP contribution in [0.15, 0.2) is 24.3 Å². The molecule has 0 atom stereocenters. The van der Waals surface area contributed by atoms with Gasteiger partial charge in [0.1, 0.15) is 0 Å². The average Bonchev–Trinajstić information content (AvgIpc) is 2.27. The number of hydrogen-bond donors (Lipinski definition) is 1. The molecule has 1 nitrogen and oxygen atoms in total. The Hall–Kier alpha value is -0.980. The molecule has 0 amide bonds. The van der Waals surface area contributed by atoms with Crippen molar-refractivity contribution in [3.63, 3.8) is 0 Å². The molecule has 51 valence electrons. The Balaban J connectivity index is 2.42. The highest BCUT2D eigenvalue weighted by Crippen LogP contribution is 2.27. The second-order valence-corrected chi connectivity index (χ2v) is 2.74. The minimum absolute atomic E-state index is 1.09. The number of nitrogens with one attached hydrogen (secondary N) is 1. The molecule has 0 unspecified atom stereocenters. The molecule has 1 radical (unpaired) electrons. The molecule has 1 aromatic carbocycles. The van der Waals surface area contributed by atoms with Crippen LogP contribution in [0.2, 0.25) is 0 Å². The van der Waals surface area contributed by atoms with Crippen molar-refractivity contribution in [2.24, 2.45) is 0 Å². The Morgan fingerprint density at radius 1 is 1.30 bits per heavy atom. The van der Waals surface area contributed by atoms with Crippen molar-refractivity contribution in [2.45, 2.75) is 13.3 Å². The van der Waals surface area contributed by atoms with E-state index >= 15 is 0 Å². The van der Waals surface area contributed by atoms with Crippen LogP contribution in [0.5, 0.6) is 0 Å². The van der Waals surface area contributed by atoms with Gasteiger partial charge in [-0.3, -0.25) is 0 Å². The summed E-state index contributed by atoms with van der Waals surface area (Å²) in [5, 5.41) is 3.31. The lowest BCUT2D eigenvalue weighted by molar-refractivity contribution is 1.03. The minimum atomic E-state index is 1.09. The molecule has 0 aromatic heterocycles. The van der Waals surface area contributed by atoms with Crippen molar-refractivity contribution in [2.75, 3.05) is 5.32 Å². The molecule has 1 aliphatic heterocycles. The summed E-state index contributed by atoms with van der Waals surface area (Å²) in [7, 11) is 0. The molecule has 0 spiro atoms. The summed E-state index contributed by atoms with van der Waals surface area (Å²) in [6.45, 7) is 2.12. The van der Waals surface area contributed by atoms with Crippen molar-refractivity contribution in [1.29, 1.82) is 0 Å². The van der Waals surface area contributed by atoms with E-state index in [1.807, 2.05) is 0 Å². The number of para-hydroxylation sites is 1. The van der Waals surface area contributed by atoms with Gasteiger partial charge in [-0.05, 0) is 25.0 Å². The first-order valence-corrected chi connectivity index (χ1v) is 3.53. The van der Waals surface area contributed by atoms with Crippen LogP contribution in [0.4, 0.5) is 5.69 Å². The van der Waals surface area contributed by atoms with E-state index in [1.165, 1.54) is 17.3 Å². The van der Waals surface area contributed by atoms with E-state index in [0.29, 0.717) is 0 Å². The summed E-state index contributed by atoms with van der Waals surface area (Å²) in [6.07, 6.45) is 1.09. The fourth-order valence-electron chi connectivity index (χ4n) is 1.36. The molecule has 1 heterocycles. The Labute approximate surface area is 61.1 Å². The van der Waals surface area contributed by atoms with Gasteiger partial charge in [0, 0.05) is 5.69 Å². The SMILES string of the molecule is C[C]1Cc2ccccc2N1. The standard InChI is InChI=1S/C9H10N/c1-7-6-8-4-2-3-5-9(8)10-7/h2-5,10H,6H2,1H3. The third-order valence-corrected chi connectivity index (χ3v) is 1.82. The van der Waals surface area contributed by atoms with Crippen molar-refractivity contribution < 1.29 is 0 Å². The molecule has 1 aliphatic rings. The first-order chi connectivity index (χ1) is 4.86. The van der Waals surface area contributed by atoms with Gasteiger partial charge in [0.25, 0.3) is 0 Å². The normalized spacial score (nSPS) is 16.5. The van der Waals surface area contributed by atoms with Gasteiger partial charge in [0.05, 0.1) is 6.04 Å². The zero-order valence-corrected chi connectivity index (χ0v) is 6.02. The Bertz CT molecular complexity index is 217. The maximum Gasteiger partial charge on any atom is 0.0616 e. The average molecular weight is 132 g/mol. The van der Waals surface area contributed by atoms with Gasteiger partial charge in [-0.2, -0.15) is 0 Å². The third-order valence-electron chi connectivity index (χ3n) is 1.82. The van der Waals surface area contributed by atoms with Crippen LogP contribution in [0, 0.1) is 6.04 Å². The number of benzene rings is 1. The molecule has 10 heavy (non-hydrogen) atoms. The zero-order valence-electron chi connectivity index (χ0n) is 6.02. The second-order valence-electron chi connectivity index (χ2n) is 2.74. The van der Waals surface area contributed by atoms with Crippen LogP contribution < -0.4 is 5.32 Å². The molecule has 1 N–H and O–H groups in total. The van der Waals surface area contributed by atoms with Crippen LogP contribution in [0.1, 0.15) is 12.5 Å². The van der Waals surface area contributed by atoms with E-state index in [4.69, 9.17) is 0 Å². The lowest BCUT2D eigenvalue weighted by Crippen LogP contribution is -1.97. The van der Waals surface area contributed by atoms with Gasteiger partial charge in [-0.25, -0.2) is 0 Å². The smallest absolute Gasteiger partial charge is 0.0616 e. The van der Waals surface area contributed by atoms with Crippen molar-refractivity contribution in [1.82, 2.24) is 0 Å². The topological polar surface area (TPSA) is 12.0 Å². The second kappa shape index (κ2) is 2.01. The quantitative estimate of drug-likeness (QED) is 0.570. The van der Waals surface area contributed by atoms with Gasteiger partial charge in [0.2, 0.25) is 0 Å². The maximum atomic E-state index is 3.31. The number of hydrogen-bond acceptors (Lipinski definition) is 1. The highest BCUT2D eigenvalue weighted by atomic mass is 14.9. The molecule has 0 bridgehead atoms. The van der Waals surface area contributed by atoms with Gasteiger partial charge in [-0.15, -0.1) is 0 Å². The lowest BCUT2D eigenvalue weighted by Gasteiger charge is -1.99. The van der Waals surface area contributed by atoms with Gasteiger partial charge >= 0.3 is 0 Å². The van der Waals surface area contributed by atoms with E-state index in [0.717, 1.165) is 6.42 Å². The van der Waals surface area contributed by atoms with Crippen LogP contribution in [0.3, 0.4) is 0 Å². The van der Waals surface area contributed by atoms with Gasteiger partial charge in [0.15, 0.2) is 0 Å².